The van der Waals surface area contributed by atoms with Crippen molar-refractivity contribution in [2.24, 2.45) is 0 Å². The molecule has 0 atom stereocenters. The van der Waals surface area contributed by atoms with Gasteiger partial charge in [-0.1, -0.05) is 0 Å². The molecule has 0 fully saturated rings. The number of hydrogen-bond acceptors (Lipinski definition) is 2. The van der Waals surface area contributed by atoms with Crippen LogP contribution in [0.25, 0.3) is 0 Å². The molecule has 0 unspecified atom stereocenters. The number of urea groups is 1. The Morgan fingerprint density at radius 1 is 1.46 bits per heavy atom. The Labute approximate surface area is 82.2 Å². The van der Waals surface area contributed by atoms with Crippen LogP contribution in [0.4, 0.5) is 4.79 Å². The van der Waals surface area contributed by atoms with E-state index in [1.807, 2.05) is 13.8 Å². The summed E-state index contributed by atoms with van der Waals surface area (Å²) >= 11 is 1.66. The third-order valence-electron chi connectivity index (χ3n) is 1.74. The van der Waals surface area contributed by atoms with Gasteiger partial charge in [-0.15, -0.1) is 0 Å². The van der Waals surface area contributed by atoms with Gasteiger partial charge in [-0.2, -0.15) is 11.3 Å². The fourth-order valence-corrected chi connectivity index (χ4v) is 1.82. The van der Waals surface area contributed by atoms with E-state index in [1.165, 1.54) is 11.1 Å². The van der Waals surface area contributed by atoms with Crippen LogP contribution >= 0.6 is 11.3 Å². The number of thiophene rings is 1. The monoisotopic (exact) mass is 198 g/mol. The number of carbonyl (C=O) groups excluding carboxylic acids is 1. The highest BCUT2D eigenvalue weighted by Gasteiger charge is 2.01. The first-order chi connectivity index (χ1) is 6.24. The number of rotatable bonds is 3. The van der Waals surface area contributed by atoms with Crippen LogP contribution < -0.4 is 10.6 Å². The van der Waals surface area contributed by atoms with Crippen molar-refractivity contribution in [2.45, 2.75) is 20.4 Å². The molecule has 2 amide bonds. The van der Waals surface area contributed by atoms with Crippen molar-refractivity contribution in [3.05, 3.63) is 21.9 Å². The molecule has 1 rings (SSSR count). The molecule has 0 bridgehead atoms. The highest BCUT2D eigenvalue weighted by molar-refractivity contribution is 7.08. The van der Waals surface area contributed by atoms with E-state index in [0.29, 0.717) is 13.1 Å². The Bertz CT molecular complexity index is 283. The molecule has 0 aromatic carbocycles. The van der Waals surface area contributed by atoms with Crippen molar-refractivity contribution in [3.63, 3.8) is 0 Å². The lowest BCUT2D eigenvalue weighted by Crippen LogP contribution is -2.34. The second-order valence-electron chi connectivity index (χ2n) is 2.79. The van der Waals surface area contributed by atoms with Crippen molar-refractivity contribution >= 4 is 17.4 Å². The van der Waals surface area contributed by atoms with Crippen LogP contribution in [0.5, 0.6) is 0 Å². The molecule has 1 aromatic heterocycles. The second kappa shape index (κ2) is 4.87. The van der Waals surface area contributed by atoms with Crippen LogP contribution in [-0.4, -0.2) is 12.6 Å². The minimum absolute atomic E-state index is 0.104. The first-order valence-electron chi connectivity index (χ1n) is 4.27. The summed E-state index contributed by atoms with van der Waals surface area (Å²) in [5.74, 6) is 0. The number of amides is 2. The van der Waals surface area contributed by atoms with Crippen molar-refractivity contribution in [2.75, 3.05) is 6.54 Å². The summed E-state index contributed by atoms with van der Waals surface area (Å²) in [4.78, 5) is 11.0. The van der Waals surface area contributed by atoms with Crippen molar-refractivity contribution < 1.29 is 4.79 Å². The Balaban J connectivity index is 2.35. The third kappa shape index (κ3) is 3.06. The van der Waals surface area contributed by atoms with Crippen molar-refractivity contribution in [1.29, 1.82) is 0 Å². The van der Waals surface area contributed by atoms with Gasteiger partial charge in [0, 0.05) is 13.1 Å². The maximum atomic E-state index is 11.0. The van der Waals surface area contributed by atoms with E-state index in [0.717, 1.165) is 0 Å². The highest BCUT2D eigenvalue weighted by Crippen LogP contribution is 2.12. The van der Waals surface area contributed by atoms with E-state index < -0.39 is 0 Å². The summed E-state index contributed by atoms with van der Waals surface area (Å²) in [7, 11) is 0. The van der Waals surface area contributed by atoms with E-state index in [1.54, 1.807) is 11.3 Å². The average Bonchev–Trinajstić information content (AvgIpc) is 2.48. The summed E-state index contributed by atoms with van der Waals surface area (Å²) in [5, 5.41) is 9.60. The summed E-state index contributed by atoms with van der Waals surface area (Å²) in [6.45, 7) is 5.22. The Kier molecular flexibility index (Phi) is 3.76. The number of hydrogen-bond donors (Lipinski definition) is 2. The first kappa shape index (κ1) is 10.1. The first-order valence-corrected chi connectivity index (χ1v) is 5.21. The largest absolute Gasteiger partial charge is 0.338 e. The smallest absolute Gasteiger partial charge is 0.315 e. The molecule has 72 valence electrons. The molecule has 1 aromatic rings. The van der Waals surface area contributed by atoms with Gasteiger partial charge in [0.05, 0.1) is 0 Å². The molecule has 0 radical (unpaired) electrons. The van der Waals surface area contributed by atoms with Gasteiger partial charge in [-0.05, 0) is 35.7 Å². The zero-order valence-electron chi connectivity index (χ0n) is 7.89. The fourth-order valence-electron chi connectivity index (χ4n) is 0.966. The van der Waals surface area contributed by atoms with Crippen LogP contribution in [0.3, 0.4) is 0 Å². The van der Waals surface area contributed by atoms with E-state index >= 15 is 0 Å². The molecule has 0 aliphatic carbocycles. The summed E-state index contributed by atoms with van der Waals surface area (Å²) in [6.07, 6.45) is 0. The minimum Gasteiger partial charge on any atom is -0.338 e. The predicted octanol–water partition coefficient (Wildman–Crippen LogP) is 1.88. The lowest BCUT2D eigenvalue weighted by molar-refractivity contribution is 0.241. The summed E-state index contributed by atoms with van der Waals surface area (Å²) in [5.41, 5.74) is 2.43. The lowest BCUT2D eigenvalue weighted by atomic mass is 10.2. The predicted molar refractivity (Wildman–Crippen MR) is 55.0 cm³/mol. The molecule has 0 spiro atoms. The molecule has 0 aliphatic heterocycles. The summed E-state index contributed by atoms with van der Waals surface area (Å²) in [6, 6.07) is -0.104. The average molecular weight is 198 g/mol. The maximum Gasteiger partial charge on any atom is 0.315 e. The molecule has 0 aliphatic rings. The van der Waals surface area contributed by atoms with Gasteiger partial charge in [0.25, 0.3) is 0 Å². The van der Waals surface area contributed by atoms with Crippen LogP contribution in [0, 0.1) is 6.92 Å². The number of carbonyl (C=O) groups is 1. The Morgan fingerprint density at radius 2 is 2.23 bits per heavy atom. The normalized spacial score (nSPS) is 9.69. The van der Waals surface area contributed by atoms with Gasteiger partial charge >= 0.3 is 6.03 Å². The molecule has 3 nitrogen and oxygen atoms in total. The van der Waals surface area contributed by atoms with Crippen molar-refractivity contribution in [3.8, 4) is 0 Å². The molecule has 1 heterocycles. The highest BCUT2D eigenvalue weighted by atomic mass is 32.1. The quantitative estimate of drug-likeness (QED) is 0.765. The maximum absolute atomic E-state index is 11.0. The van der Waals surface area contributed by atoms with E-state index in [9.17, 15) is 4.79 Å². The van der Waals surface area contributed by atoms with Crippen LogP contribution in [0.15, 0.2) is 10.8 Å². The molecular weight excluding hydrogens is 184 g/mol. The molecule has 0 saturated heterocycles. The Hall–Kier alpha value is -1.03. The van der Waals surface area contributed by atoms with Gasteiger partial charge < -0.3 is 10.6 Å². The van der Waals surface area contributed by atoms with Gasteiger partial charge in [0.2, 0.25) is 0 Å². The SMILES string of the molecule is CCNC(=O)NCc1cscc1C. The zero-order chi connectivity index (χ0) is 9.68. The fraction of sp³-hybridized carbons (Fsp3) is 0.444. The summed E-state index contributed by atoms with van der Waals surface area (Å²) < 4.78 is 0. The molecule has 13 heavy (non-hydrogen) atoms. The third-order valence-corrected chi connectivity index (χ3v) is 2.65. The molecular formula is C9H14N2OS. The van der Waals surface area contributed by atoms with E-state index in [2.05, 4.69) is 21.4 Å². The number of aryl methyl sites for hydroxylation is 1. The Morgan fingerprint density at radius 3 is 2.77 bits per heavy atom. The second-order valence-corrected chi connectivity index (χ2v) is 3.54. The lowest BCUT2D eigenvalue weighted by Gasteiger charge is -2.04. The minimum atomic E-state index is -0.104. The molecule has 2 N–H and O–H groups in total. The van der Waals surface area contributed by atoms with Crippen LogP contribution in [0.2, 0.25) is 0 Å². The standard InChI is InChI=1S/C9H14N2OS/c1-3-10-9(12)11-4-8-6-13-5-7(8)2/h5-6H,3-4H2,1-2H3,(H2,10,11,12). The topological polar surface area (TPSA) is 41.1 Å². The van der Waals surface area contributed by atoms with Crippen molar-refractivity contribution in [1.82, 2.24) is 10.6 Å². The van der Waals surface area contributed by atoms with E-state index in [-0.39, 0.29) is 6.03 Å². The molecule has 0 saturated carbocycles. The van der Waals surface area contributed by atoms with Gasteiger partial charge in [-0.3, -0.25) is 0 Å². The van der Waals surface area contributed by atoms with E-state index in [4.69, 9.17) is 0 Å². The number of nitrogens with one attached hydrogen (secondary N) is 2. The van der Waals surface area contributed by atoms with Crippen LogP contribution in [-0.2, 0) is 6.54 Å². The van der Waals surface area contributed by atoms with Gasteiger partial charge in [-0.25, -0.2) is 4.79 Å². The van der Waals surface area contributed by atoms with Gasteiger partial charge in [0.1, 0.15) is 0 Å². The molecule has 4 heteroatoms. The zero-order valence-corrected chi connectivity index (χ0v) is 8.70. The van der Waals surface area contributed by atoms with Gasteiger partial charge in [0.15, 0.2) is 0 Å². The van der Waals surface area contributed by atoms with Crippen LogP contribution in [0.1, 0.15) is 18.1 Å².